The van der Waals surface area contributed by atoms with Crippen molar-refractivity contribution in [2.75, 3.05) is 25.2 Å². The zero-order chi connectivity index (χ0) is 27.4. The average molecular weight is 524 g/mol. The highest BCUT2D eigenvalue weighted by Crippen LogP contribution is 2.45. The number of carbonyl (C=O) groups is 2. The third-order valence-electron chi connectivity index (χ3n) is 6.00. The van der Waals surface area contributed by atoms with Crippen LogP contribution in [0.5, 0.6) is 17.2 Å². The fraction of sp³-hybridized carbons (Fsp3) is 0.241. The van der Waals surface area contributed by atoms with Crippen LogP contribution in [0.15, 0.2) is 66.2 Å². The summed E-state index contributed by atoms with van der Waals surface area (Å²) in [6.45, 7) is 4.46. The standard InChI is InChI=1S/C29H27F2NO6/c1-4-13-38-20-8-6-7-18(14-20)27(33)25-26(17-9-12-23(36-3)24(15-17)37-5-2)32(29(35)28(25)34)22-16-19(30)10-11-21(22)31/h6-12,14-16,26,33H,4-5,13H2,1-3H3/b27-25+. The van der Waals surface area contributed by atoms with Gasteiger partial charge < -0.3 is 19.3 Å². The van der Waals surface area contributed by atoms with Crippen LogP contribution in [0.25, 0.3) is 5.76 Å². The van der Waals surface area contributed by atoms with E-state index in [0.29, 0.717) is 36.0 Å². The number of aliphatic hydroxyl groups is 1. The van der Waals surface area contributed by atoms with Crippen LogP contribution >= 0.6 is 0 Å². The van der Waals surface area contributed by atoms with Gasteiger partial charge in [0.1, 0.15) is 23.1 Å². The summed E-state index contributed by atoms with van der Waals surface area (Å²) in [5, 5.41) is 11.4. The Morgan fingerprint density at radius 1 is 0.974 bits per heavy atom. The number of carbonyl (C=O) groups excluding carboxylic acids is 2. The maximum absolute atomic E-state index is 14.9. The molecule has 0 spiro atoms. The number of methoxy groups -OCH3 is 1. The van der Waals surface area contributed by atoms with Gasteiger partial charge in [-0.3, -0.25) is 14.5 Å². The number of hydrogen-bond acceptors (Lipinski definition) is 6. The predicted molar refractivity (Wildman–Crippen MR) is 138 cm³/mol. The molecule has 0 bridgehead atoms. The van der Waals surface area contributed by atoms with Crippen molar-refractivity contribution < 1.29 is 37.7 Å². The summed E-state index contributed by atoms with van der Waals surface area (Å²) in [6.07, 6.45) is 0.764. The molecule has 0 radical (unpaired) electrons. The number of Topliss-reactive ketones (excluding diaryl/α,β-unsaturated/α-hetero) is 1. The molecule has 0 aromatic heterocycles. The second-order valence-electron chi connectivity index (χ2n) is 8.48. The second kappa shape index (κ2) is 11.3. The molecule has 1 atom stereocenters. The molecule has 4 rings (SSSR count). The highest BCUT2D eigenvalue weighted by molar-refractivity contribution is 6.51. The molecule has 1 aliphatic rings. The van der Waals surface area contributed by atoms with Crippen molar-refractivity contribution in [3.8, 4) is 17.2 Å². The summed E-state index contributed by atoms with van der Waals surface area (Å²) >= 11 is 0. The van der Waals surface area contributed by atoms with Crippen molar-refractivity contribution in [2.24, 2.45) is 0 Å². The van der Waals surface area contributed by atoms with E-state index in [1.807, 2.05) is 6.92 Å². The van der Waals surface area contributed by atoms with Crippen LogP contribution < -0.4 is 19.1 Å². The summed E-state index contributed by atoms with van der Waals surface area (Å²) in [6, 6.07) is 12.4. The Balaban J connectivity index is 1.96. The normalized spacial score (nSPS) is 16.6. The number of benzene rings is 3. The van der Waals surface area contributed by atoms with Gasteiger partial charge in [-0.1, -0.05) is 25.1 Å². The van der Waals surface area contributed by atoms with Crippen molar-refractivity contribution in [3.63, 3.8) is 0 Å². The summed E-state index contributed by atoms with van der Waals surface area (Å²) in [7, 11) is 1.46. The Morgan fingerprint density at radius 3 is 2.47 bits per heavy atom. The molecule has 198 valence electrons. The van der Waals surface area contributed by atoms with Gasteiger partial charge in [0.2, 0.25) is 0 Å². The van der Waals surface area contributed by atoms with E-state index in [0.717, 1.165) is 29.5 Å². The Labute approximate surface area is 218 Å². The Kier molecular flexibility index (Phi) is 7.95. The fourth-order valence-corrected chi connectivity index (χ4v) is 4.31. The highest BCUT2D eigenvalue weighted by Gasteiger charge is 2.48. The van der Waals surface area contributed by atoms with E-state index >= 15 is 0 Å². The topological polar surface area (TPSA) is 85.3 Å². The van der Waals surface area contributed by atoms with E-state index in [-0.39, 0.29) is 11.1 Å². The molecule has 1 N–H and O–H groups in total. The smallest absolute Gasteiger partial charge is 0.300 e. The van der Waals surface area contributed by atoms with Crippen LogP contribution in [0, 0.1) is 11.6 Å². The van der Waals surface area contributed by atoms with Crippen LogP contribution in [-0.2, 0) is 9.59 Å². The van der Waals surface area contributed by atoms with Crippen molar-refractivity contribution in [1.82, 2.24) is 0 Å². The lowest BCUT2D eigenvalue weighted by atomic mass is 9.94. The van der Waals surface area contributed by atoms with Crippen LogP contribution in [0.3, 0.4) is 0 Å². The lowest BCUT2D eigenvalue weighted by molar-refractivity contribution is -0.132. The zero-order valence-corrected chi connectivity index (χ0v) is 21.2. The van der Waals surface area contributed by atoms with E-state index in [4.69, 9.17) is 14.2 Å². The van der Waals surface area contributed by atoms with Crippen molar-refractivity contribution in [1.29, 1.82) is 0 Å². The van der Waals surface area contributed by atoms with Crippen molar-refractivity contribution in [3.05, 3.63) is 89.0 Å². The van der Waals surface area contributed by atoms with Gasteiger partial charge in [-0.2, -0.15) is 0 Å². The van der Waals surface area contributed by atoms with Crippen molar-refractivity contribution in [2.45, 2.75) is 26.3 Å². The van der Waals surface area contributed by atoms with Gasteiger partial charge in [0.25, 0.3) is 11.7 Å². The van der Waals surface area contributed by atoms with Crippen LogP contribution in [0.2, 0.25) is 0 Å². The molecule has 38 heavy (non-hydrogen) atoms. The largest absolute Gasteiger partial charge is 0.507 e. The minimum atomic E-state index is -1.29. The molecular weight excluding hydrogens is 496 g/mol. The maximum Gasteiger partial charge on any atom is 0.300 e. The predicted octanol–water partition coefficient (Wildman–Crippen LogP) is 5.79. The zero-order valence-electron chi connectivity index (χ0n) is 21.2. The summed E-state index contributed by atoms with van der Waals surface area (Å²) < 4.78 is 45.8. The second-order valence-corrected chi connectivity index (χ2v) is 8.48. The van der Waals surface area contributed by atoms with Crippen LogP contribution in [0.4, 0.5) is 14.5 Å². The molecule has 0 saturated carbocycles. The number of ketones is 1. The third kappa shape index (κ3) is 5.04. The molecule has 1 aliphatic heterocycles. The molecule has 3 aromatic rings. The number of aliphatic hydroxyl groups excluding tert-OH is 1. The number of nitrogens with zero attached hydrogens (tertiary/aromatic N) is 1. The Bertz CT molecular complexity index is 1400. The molecule has 9 heteroatoms. The van der Waals surface area contributed by atoms with Gasteiger partial charge in [0, 0.05) is 11.6 Å². The molecule has 3 aromatic carbocycles. The first-order valence-electron chi connectivity index (χ1n) is 12.1. The first-order chi connectivity index (χ1) is 18.3. The number of halogens is 2. The molecule has 0 aliphatic carbocycles. The lowest BCUT2D eigenvalue weighted by Crippen LogP contribution is -2.30. The number of anilines is 1. The number of rotatable bonds is 9. The summed E-state index contributed by atoms with van der Waals surface area (Å²) in [4.78, 5) is 27.5. The molecule has 1 saturated heterocycles. The van der Waals surface area contributed by atoms with Crippen LogP contribution in [0.1, 0.15) is 37.4 Å². The lowest BCUT2D eigenvalue weighted by Gasteiger charge is -2.26. The summed E-state index contributed by atoms with van der Waals surface area (Å²) in [5.74, 6) is -3.19. The minimum absolute atomic E-state index is 0.222. The van der Waals surface area contributed by atoms with E-state index in [1.54, 1.807) is 37.3 Å². The molecule has 1 unspecified atom stereocenters. The number of ether oxygens (including phenoxy) is 3. The quantitative estimate of drug-likeness (QED) is 0.217. The summed E-state index contributed by atoms with van der Waals surface area (Å²) in [5.41, 5.74) is -0.194. The molecular formula is C29H27F2NO6. The van der Waals surface area contributed by atoms with Gasteiger partial charge in [-0.05, 0) is 55.3 Å². The SMILES string of the molecule is CCCOc1cccc(/C(O)=C2\C(=O)C(=O)N(c3cc(F)ccc3F)C2c2ccc(OC)c(OCC)c2)c1. The van der Waals surface area contributed by atoms with Crippen LogP contribution in [-0.4, -0.2) is 37.1 Å². The van der Waals surface area contributed by atoms with E-state index < -0.39 is 40.8 Å². The van der Waals surface area contributed by atoms with Gasteiger partial charge in [-0.15, -0.1) is 0 Å². The molecule has 1 amide bonds. The number of hydrogen-bond donors (Lipinski definition) is 1. The van der Waals surface area contributed by atoms with E-state index in [1.165, 1.54) is 19.2 Å². The van der Waals surface area contributed by atoms with E-state index in [9.17, 15) is 23.5 Å². The first kappa shape index (κ1) is 26.7. The van der Waals surface area contributed by atoms with Gasteiger partial charge in [0.05, 0.1) is 37.6 Å². The fourth-order valence-electron chi connectivity index (χ4n) is 4.31. The van der Waals surface area contributed by atoms with E-state index in [2.05, 4.69) is 0 Å². The monoisotopic (exact) mass is 523 g/mol. The molecule has 7 nitrogen and oxygen atoms in total. The minimum Gasteiger partial charge on any atom is -0.507 e. The Morgan fingerprint density at radius 2 is 1.76 bits per heavy atom. The van der Waals surface area contributed by atoms with Gasteiger partial charge >= 0.3 is 0 Å². The average Bonchev–Trinajstić information content (AvgIpc) is 3.18. The van der Waals surface area contributed by atoms with Crippen molar-refractivity contribution >= 4 is 23.1 Å². The highest BCUT2D eigenvalue weighted by atomic mass is 19.1. The van der Waals surface area contributed by atoms with Gasteiger partial charge in [0.15, 0.2) is 11.5 Å². The van der Waals surface area contributed by atoms with Gasteiger partial charge in [-0.25, -0.2) is 8.78 Å². The number of amides is 1. The third-order valence-corrected chi connectivity index (χ3v) is 6.00. The maximum atomic E-state index is 14.9. The molecule has 1 heterocycles. The first-order valence-corrected chi connectivity index (χ1v) is 12.1. The Hall–Kier alpha value is -4.40. The molecule has 1 fully saturated rings.